The van der Waals surface area contributed by atoms with Gasteiger partial charge in [-0.05, 0) is 36.7 Å². The standard InChI is InChI=1S/C13H14F4N2/c1-2-5-19(9-13(15,16)17)8-11-6-12(14)4-3-10(11)7-18/h3-4,6H,2,5,8-9H2,1H3. The Hall–Kier alpha value is -1.61. The van der Waals surface area contributed by atoms with Gasteiger partial charge < -0.3 is 0 Å². The first-order valence-electron chi connectivity index (χ1n) is 5.83. The average molecular weight is 274 g/mol. The molecule has 0 aliphatic rings. The second-order valence-electron chi connectivity index (χ2n) is 4.24. The Morgan fingerprint density at radius 2 is 2.00 bits per heavy atom. The van der Waals surface area contributed by atoms with Crippen molar-refractivity contribution in [1.82, 2.24) is 4.90 Å². The molecule has 0 fully saturated rings. The molecule has 6 heteroatoms. The van der Waals surface area contributed by atoms with Crippen LogP contribution in [0, 0.1) is 17.1 Å². The van der Waals surface area contributed by atoms with E-state index in [4.69, 9.17) is 5.26 Å². The van der Waals surface area contributed by atoms with Crippen molar-refractivity contribution < 1.29 is 17.6 Å². The maximum atomic E-state index is 13.1. The molecule has 0 bridgehead atoms. The summed E-state index contributed by atoms with van der Waals surface area (Å²) in [6.07, 6.45) is -3.76. The number of nitriles is 1. The summed E-state index contributed by atoms with van der Waals surface area (Å²) in [6.45, 7) is 0.845. The highest BCUT2D eigenvalue weighted by Crippen LogP contribution is 2.20. The number of hydrogen-bond donors (Lipinski definition) is 0. The summed E-state index contributed by atoms with van der Waals surface area (Å²) in [6, 6.07) is 5.37. The molecule has 0 radical (unpaired) electrons. The van der Waals surface area contributed by atoms with Gasteiger partial charge in [-0.2, -0.15) is 18.4 Å². The molecule has 0 heterocycles. The molecule has 0 atom stereocenters. The molecule has 1 aromatic carbocycles. The van der Waals surface area contributed by atoms with Crippen LogP contribution in [0.5, 0.6) is 0 Å². The Balaban J connectivity index is 2.90. The van der Waals surface area contributed by atoms with E-state index in [1.54, 1.807) is 6.92 Å². The van der Waals surface area contributed by atoms with Gasteiger partial charge >= 0.3 is 6.18 Å². The van der Waals surface area contributed by atoms with Gasteiger partial charge in [-0.15, -0.1) is 0 Å². The number of alkyl halides is 3. The van der Waals surface area contributed by atoms with Crippen molar-refractivity contribution in [2.75, 3.05) is 13.1 Å². The summed E-state index contributed by atoms with van der Waals surface area (Å²) in [7, 11) is 0. The van der Waals surface area contributed by atoms with Crippen LogP contribution in [0.3, 0.4) is 0 Å². The Morgan fingerprint density at radius 1 is 1.32 bits per heavy atom. The predicted molar refractivity (Wildman–Crippen MR) is 62.7 cm³/mol. The van der Waals surface area contributed by atoms with Gasteiger partial charge in [0, 0.05) is 6.54 Å². The zero-order chi connectivity index (χ0) is 14.5. The summed E-state index contributed by atoms with van der Waals surface area (Å²) in [5.74, 6) is -0.558. The monoisotopic (exact) mass is 274 g/mol. The van der Waals surface area contributed by atoms with Gasteiger partial charge in [0.25, 0.3) is 0 Å². The highest BCUT2D eigenvalue weighted by Gasteiger charge is 2.30. The van der Waals surface area contributed by atoms with E-state index < -0.39 is 18.5 Å². The molecule has 1 rings (SSSR count). The Bertz CT molecular complexity index is 463. The Morgan fingerprint density at radius 3 is 2.53 bits per heavy atom. The van der Waals surface area contributed by atoms with Crippen LogP contribution >= 0.6 is 0 Å². The summed E-state index contributed by atoms with van der Waals surface area (Å²) in [4.78, 5) is 1.16. The molecule has 0 spiro atoms. The molecule has 0 N–H and O–H groups in total. The number of benzene rings is 1. The number of rotatable bonds is 5. The van der Waals surface area contributed by atoms with E-state index in [-0.39, 0.29) is 24.2 Å². The number of nitrogens with zero attached hydrogens (tertiary/aromatic N) is 2. The van der Waals surface area contributed by atoms with E-state index in [0.29, 0.717) is 6.42 Å². The maximum Gasteiger partial charge on any atom is 0.401 e. The van der Waals surface area contributed by atoms with Crippen LogP contribution in [-0.4, -0.2) is 24.2 Å². The Labute approximate surface area is 109 Å². The molecule has 0 unspecified atom stereocenters. The molecular formula is C13H14F4N2. The van der Waals surface area contributed by atoms with E-state index in [1.165, 1.54) is 6.07 Å². The minimum atomic E-state index is -4.31. The first kappa shape index (κ1) is 15.4. The molecule has 0 saturated carbocycles. The number of halogens is 4. The third kappa shape index (κ3) is 5.26. The van der Waals surface area contributed by atoms with Crippen molar-refractivity contribution in [3.8, 4) is 6.07 Å². The highest BCUT2D eigenvalue weighted by molar-refractivity contribution is 5.37. The third-order valence-corrected chi connectivity index (χ3v) is 2.52. The van der Waals surface area contributed by atoms with Gasteiger partial charge in [-0.1, -0.05) is 6.92 Å². The van der Waals surface area contributed by atoms with Gasteiger partial charge in [0.1, 0.15) is 5.82 Å². The SMILES string of the molecule is CCCN(Cc1cc(F)ccc1C#N)CC(F)(F)F. The summed E-state index contributed by atoms with van der Waals surface area (Å²) < 4.78 is 50.3. The summed E-state index contributed by atoms with van der Waals surface area (Å²) in [5.41, 5.74) is 0.477. The molecular weight excluding hydrogens is 260 g/mol. The number of hydrogen-bond acceptors (Lipinski definition) is 2. The quantitative estimate of drug-likeness (QED) is 0.769. The fourth-order valence-electron chi connectivity index (χ4n) is 1.83. The van der Waals surface area contributed by atoms with Gasteiger partial charge in [-0.25, -0.2) is 4.39 Å². The highest BCUT2D eigenvalue weighted by atomic mass is 19.4. The molecule has 0 saturated heterocycles. The summed E-state index contributed by atoms with van der Waals surface area (Å²) in [5, 5.41) is 8.87. The fourth-order valence-corrected chi connectivity index (χ4v) is 1.83. The predicted octanol–water partition coefficient (Wildman–Crippen LogP) is 3.47. The van der Waals surface area contributed by atoms with Crippen LogP contribution in [0.4, 0.5) is 17.6 Å². The normalized spacial score (nSPS) is 11.6. The largest absolute Gasteiger partial charge is 0.401 e. The van der Waals surface area contributed by atoms with Crippen LogP contribution in [0.1, 0.15) is 24.5 Å². The van der Waals surface area contributed by atoms with E-state index in [9.17, 15) is 17.6 Å². The van der Waals surface area contributed by atoms with Crippen molar-refractivity contribution in [1.29, 1.82) is 5.26 Å². The van der Waals surface area contributed by atoms with Gasteiger partial charge in [-0.3, -0.25) is 4.90 Å². The molecule has 0 aromatic heterocycles. The van der Waals surface area contributed by atoms with Crippen molar-refractivity contribution in [2.45, 2.75) is 26.1 Å². The molecule has 0 aliphatic heterocycles. The van der Waals surface area contributed by atoms with Crippen LogP contribution in [0.15, 0.2) is 18.2 Å². The lowest BCUT2D eigenvalue weighted by Crippen LogP contribution is -2.34. The molecule has 104 valence electrons. The molecule has 1 aromatic rings. The zero-order valence-electron chi connectivity index (χ0n) is 10.5. The first-order valence-corrected chi connectivity index (χ1v) is 5.83. The second-order valence-corrected chi connectivity index (χ2v) is 4.24. The molecule has 19 heavy (non-hydrogen) atoms. The minimum absolute atomic E-state index is 0.0893. The summed E-state index contributed by atoms with van der Waals surface area (Å²) >= 11 is 0. The topological polar surface area (TPSA) is 27.0 Å². The lowest BCUT2D eigenvalue weighted by molar-refractivity contribution is -0.147. The van der Waals surface area contributed by atoms with Gasteiger partial charge in [0.15, 0.2) is 0 Å². The van der Waals surface area contributed by atoms with E-state index in [0.717, 1.165) is 17.0 Å². The fraction of sp³-hybridized carbons (Fsp3) is 0.462. The van der Waals surface area contributed by atoms with E-state index in [1.807, 2.05) is 6.07 Å². The van der Waals surface area contributed by atoms with Crippen molar-refractivity contribution in [2.24, 2.45) is 0 Å². The van der Waals surface area contributed by atoms with Crippen LogP contribution in [0.2, 0.25) is 0 Å². The smallest absolute Gasteiger partial charge is 0.291 e. The van der Waals surface area contributed by atoms with Crippen LogP contribution in [0.25, 0.3) is 0 Å². The second kappa shape index (κ2) is 6.53. The Kier molecular flexibility index (Phi) is 5.31. The lowest BCUT2D eigenvalue weighted by Gasteiger charge is -2.23. The molecule has 0 amide bonds. The van der Waals surface area contributed by atoms with Crippen LogP contribution < -0.4 is 0 Å². The third-order valence-electron chi connectivity index (χ3n) is 2.52. The van der Waals surface area contributed by atoms with Gasteiger partial charge in [0.05, 0.1) is 18.2 Å². The zero-order valence-corrected chi connectivity index (χ0v) is 10.5. The first-order chi connectivity index (χ1) is 8.85. The van der Waals surface area contributed by atoms with Gasteiger partial charge in [0.2, 0.25) is 0 Å². The molecule has 2 nitrogen and oxygen atoms in total. The van der Waals surface area contributed by atoms with Crippen molar-refractivity contribution in [3.05, 3.63) is 35.1 Å². The van der Waals surface area contributed by atoms with E-state index >= 15 is 0 Å². The maximum absolute atomic E-state index is 13.1. The minimum Gasteiger partial charge on any atom is -0.291 e. The van der Waals surface area contributed by atoms with Crippen molar-refractivity contribution >= 4 is 0 Å². The van der Waals surface area contributed by atoms with Crippen molar-refractivity contribution in [3.63, 3.8) is 0 Å². The molecule has 0 aliphatic carbocycles. The lowest BCUT2D eigenvalue weighted by atomic mass is 10.1. The van der Waals surface area contributed by atoms with Crippen LogP contribution in [-0.2, 0) is 6.54 Å². The van der Waals surface area contributed by atoms with E-state index in [2.05, 4.69) is 0 Å². The average Bonchev–Trinajstić information content (AvgIpc) is 2.27.